The predicted octanol–water partition coefficient (Wildman–Crippen LogP) is 2.43. The van der Waals surface area contributed by atoms with Crippen LogP contribution >= 0.6 is 0 Å². The molecule has 1 saturated carbocycles. The molecule has 0 aromatic carbocycles. The quantitative estimate of drug-likeness (QED) is 0.695. The molecule has 0 bridgehead atoms. The first-order valence-corrected chi connectivity index (χ1v) is 8.15. The lowest BCUT2D eigenvalue weighted by Gasteiger charge is -2.32. The topological polar surface area (TPSA) is 41.6 Å². The maximum atomic E-state index is 12.3. The van der Waals surface area contributed by atoms with Gasteiger partial charge >= 0.3 is 5.97 Å². The zero-order chi connectivity index (χ0) is 15.2. The molecule has 20 heavy (non-hydrogen) atoms. The van der Waals surface area contributed by atoms with Crippen LogP contribution in [0, 0.1) is 5.92 Å². The van der Waals surface area contributed by atoms with E-state index in [1.807, 2.05) is 6.92 Å². The van der Waals surface area contributed by atoms with Gasteiger partial charge in [-0.3, -0.25) is 4.79 Å². The molecule has 1 aliphatic carbocycles. The van der Waals surface area contributed by atoms with Gasteiger partial charge in [-0.25, -0.2) is 0 Å². The van der Waals surface area contributed by atoms with Gasteiger partial charge in [0.05, 0.1) is 6.61 Å². The van der Waals surface area contributed by atoms with Crippen LogP contribution in [0.1, 0.15) is 53.9 Å². The van der Waals surface area contributed by atoms with Crippen molar-refractivity contribution >= 4 is 5.97 Å². The second-order valence-corrected chi connectivity index (χ2v) is 6.21. The minimum atomic E-state index is -0.459. The number of carbonyl (C=O) groups is 1. The minimum Gasteiger partial charge on any atom is -0.465 e. The number of ether oxygens (including phenoxy) is 1. The van der Waals surface area contributed by atoms with Gasteiger partial charge in [0.2, 0.25) is 0 Å². The van der Waals surface area contributed by atoms with Crippen LogP contribution in [0.5, 0.6) is 0 Å². The lowest BCUT2D eigenvalue weighted by atomic mass is 9.97. The van der Waals surface area contributed by atoms with E-state index < -0.39 is 5.54 Å². The Balaban J connectivity index is 2.75. The number of nitrogens with one attached hydrogen (secondary N) is 1. The molecule has 0 spiro atoms. The Labute approximate surface area is 124 Å². The summed E-state index contributed by atoms with van der Waals surface area (Å²) in [6.45, 7) is 14.1. The summed E-state index contributed by atoms with van der Waals surface area (Å²) in [6.07, 6.45) is 2.84. The number of esters is 1. The van der Waals surface area contributed by atoms with Gasteiger partial charge in [0.1, 0.15) is 5.54 Å². The molecule has 118 valence electrons. The van der Waals surface area contributed by atoms with E-state index in [-0.39, 0.29) is 5.97 Å². The molecule has 2 atom stereocenters. The first-order valence-electron chi connectivity index (χ1n) is 8.15. The van der Waals surface area contributed by atoms with Gasteiger partial charge in [-0.2, -0.15) is 0 Å². The second-order valence-electron chi connectivity index (χ2n) is 6.21. The molecular weight excluding hydrogens is 252 g/mol. The summed E-state index contributed by atoms with van der Waals surface area (Å²) in [6, 6.07) is 0.492. The Bertz CT molecular complexity index is 307. The summed E-state index contributed by atoms with van der Waals surface area (Å²) >= 11 is 0. The van der Waals surface area contributed by atoms with Crippen LogP contribution in [0.15, 0.2) is 0 Å². The van der Waals surface area contributed by atoms with E-state index in [0.29, 0.717) is 18.6 Å². The van der Waals surface area contributed by atoms with E-state index in [9.17, 15) is 4.79 Å². The summed E-state index contributed by atoms with van der Waals surface area (Å²) < 4.78 is 5.30. The fraction of sp³-hybridized carbons (Fsp3) is 0.938. The van der Waals surface area contributed by atoms with Crippen molar-refractivity contribution in [3.05, 3.63) is 0 Å². The van der Waals surface area contributed by atoms with Crippen molar-refractivity contribution in [1.82, 2.24) is 10.2 Å². The zero-order valence-corrected chi connectivity index (χ0v) is 13.9. The van der Waals surface area contributed by atoms with Crippen LogP contribution in [0.2, 0.25) is 0 Å². The van der Waals surface area contributed by atoms with Crippen LogP contribution in [0.4, 0.5) is 0 Å². The normalized spacial score (nSPS) is 26.4. The molecular formula is C16H32N2O2. The van der Waals surface area contributed by atoms with Gasteiger partial charge in [-0.05, 0) is 45.2 Å². The zero-order valence-electron chi connectivity index (χ0n) is 13.9. The maximum absolute atomic E-state index is 12.3. The minimum absolute atomic E-state index is 0.0649. The van der Waals surface area contributed by atoms with Gasteiger partial charge < -0.3 is 15.0 Å². The summed E-state index contributed by atoms with van der Waals surface area (Å²) in [4.78, 5) is 14.8. The number of carbonyl (C=O) groups excluding carboxylic acids is 1. The molecule has 0 aromatic heterocycles. The summed E-state index contributed by atoms with van der Waals surface area (Å²) in [5, 5.41) is 3.40. The van der Waals surface area contributed by atoms with Crippen molar-refractivity contribution in [3.63, 3.8) is 0 Å². The van der Waals surface area contributed by atoms with Crippen molar-refractivity contribution in [2.24, 2.45) is 5.92 Å². The molecule has 0 saturated heterocycles. The molecule has 0 radical (unpaired) electrons. The average molecular weight is 284 g/mol. The van der Waals surface area contributed by atoms with Crippen LogP contribution in [0.25, 0.3) is 0 Å². The highest BCUT2D eigenvalue weighted by molar-refractivity contribution is 5.81. The third kappa shape index (κ3) is 4.19. The second kappa shape index (κ2) is 7.99. The third-order valence-corrected chi connectivity index (χ3v) is 4.19. The Hall–Kier alpha value is -0.610. The first-order chi connectivity index (χ1) is 9.49. The summed E-state index contributed by atoms with van der Waals surface area (Å²) in [5.41, 5.74) is -0.459. The van der Waals surface area contributed by atoms with E-state index >= 15 is 0 Å². The molecule has 1 fully saturated rings. The third-order valence-electron chi connectivity index (χ3n) is 4.19. The molecule has 0 amide bonds. The summed E-state index contributed by atoms with van der Waals surface area (Å²) in [5.74, 6) is 0.594. The molecule has 0 aliphatic heterocycles. The fourth-order valence-corrected chi connectivity index (χ4v) is 3.36. The first kappa shape index (κ1) is 17.4. The fourth-order valence-electron chi connectivity index (χ4n) is 3.36. The Morgan fingerprint density at radius 3 is 2.60 bits per heavy atom. The van der Waals surface area contributed by atoms with Crippen molar-refractivity contribution in [2.75, 3.05) is 26.2 Å². The van der Waals surface area contributed by atoms with Crippen molar-refractivity contribution in [2.45, 2.75) is 65.5 Å². The van der Waals surface area contributed by atoms with E-state index in [4.69, 9.17) is 4.74 Å². The highest BCUT2D eigenvalue weighted by Crippen LogP contribution is 2.34. The predicted molar refractivity (Wildman–Crippen MR) is 82.8 cm³/mol. The van der Waals surface area contributed by atoms with E-state index in [0.717, 1.165) is 38.9 Å². The van der Waals surface area contributed by atoms with Gasteiger partial charge in [-0.15, -0.1) is 0 Å². The number of hydrogen-bond acceptors (Lipinski definition) is 4. The van der Waals surface area contributed by atoms with Crippen LogP contribution in [-0.4, -0.2) is 48.7 Å². The molecule has 0 heterocycles. The molecule has 1 N–H and O–H groups in total. The Kier molecular flexibility index (Phi) is 6.96. The summed E-state index contributed by atoms with van der Waals surface area (Å²) in [7, 11) is 0. The number of hydrogen-bond donors (Lipinski definition) is 1. The van der Waals surface area contributed by atoms with E-state index in [1.165, 1.54) is 0 Å². The largest absolute Gasteiger partial charge is 0.465 e. The van der Waals surface area contributed by atoms with Crippen molar-refractivity contribution in [3.8, 4) is 0 Å². The molecule has 1 rings (SSSR count). The van der Waals surface area contributed by atoms with Crippen LogP contribution < -0.4 is 5.32 Å². The van der Waals surface area contributed by atoms with E-state index in [1.54, 1.807) is 0 Å². The van der Waals surface area contributed by atoms with Crippen LogP contribution in [-0.2, 0) is 9.53 Å². The van der Waals surface area contributed by atoms with Crippen molar-refractivity contribution < 1.29 is 9.53 Å². The van der Waals surface area contributed by atoms with Gasteiger partial charge in [0.15, 0.2) is 0 Å². The number of likely N-dealkylation sites (N-methyl/N-ethyl adjacent to an activating group) is 1. The molecule has 1 aliphatic rings. The number of nitrogens with zero attached hydrogens (tertiary/aromatic N) is 1. The van der Waals surface area contributed by atoms with Gasteiger partial charge in [0.25, 0.3) is 0 Å². The monoisotopic (exact) mass is 284 g/mol. The average Bonchev–Trinajstić information content (AvgIpc) is 2.82. The van der Waals surface area contributed by atoms with Crippen molar-refractivity contribution in [1.29, 1.82) is 0 Å². The van der Waals surface area contributed by atoms with Crippen LogP contribution in [0.3, 0.4) is 0 Å². The molecule has 4 nitrogen and oxygen atoms in total. The van der Waals surface area contributed by atoms with Gasteiger partial charge in [0, 0.05) is 12.6 Å². The standard InChI is InChI=1S/C16H32N2O2/c1-6-17-16(15(19)20-8-3)10-9-14(11-16)18(7-2)12-13(4)5/h13-14,17H,6-12H2,1-5H3. The smallest absolute Gasteiger partial charge is 0.326 e. The molecule has 2 unspecified atom stereocenters. The lowest BCUT2D eigenvalue weighted by molar-refractivity contribution is -0.151. The highest BCUT2D eigenvalue weighted by atomic mass is 16.5. The maximum Gasteiger partial charge on any atom is 0.326 e. The lowest BCUT2D eigenvalue weighted by Crippen LogP contribution is -2.52. The molecule has 0 aromatic rings. The Morgan fingerprint density at radius 1 is 1.40 bits per heavy atom. The molecule has 4 heteroatoms. The highest BCUT2D eigenvalue weighted by Gasteiger charge is 2.47. The Morgan fingerprint density at radius 2 is 2.10 bits per heavy atom. The van der Waals surface area contributed by atoms with E-state index in [2.05, 4.69) is 37.9 Å². The number of rotatable bonds is 8. The van der Waals surface area contributed by atoms with Gasteiger partial charge in [-0.1, -0.05) is 27.7 Å². The SMILES string of the molecule is CCNC1(C(=O)OCC)CCC(N(CC)CC(C)C)C1.